The number of rotatable bonds is 2. The van der Waals surface area contributed by atoms with Gasteiger partial charge in [-0.15, -0.1) is 0 Å². The fraction of sp³-hybridized carbons (Fsp3) is 0.235. The lowest BCUT2D eigenvalue weighted by molar-refractivity contribution is 0.103. The Balaban J connectivity index is 2.37. The number of carbonyl (C=O) groups excluding carboxylic acids is 1. The van der Waals surface area contributed by atoms with Crippen molar-refractivity contribution in [2.45, 2.75) is 26.2 Å². The summed E-state index contributed by atoms with van der Waals surface area (Å²) in [5.74, 6) is -0.612. The first kappa shape index (κ1) is 14.9. The molecular formula is C17H16BrFO. The van der Waals surface area contributed by atoms with Gasteiger partial charge < -0.3 is 0 Å². The van der Waals surface area contributed by atoms with Crippen molar-refractivity contribution in [1.29, 1.82) is 0 Å². The summed E-state index contributed by atoms with van der Waals surface area (Å²) in [6.45, 7) is 6.35. The van der Waals surface area contributed by atoms with E-state index in [1.807, 2.05) is 12.1 Å². The molecule has 0 aromatic heterocycles. The van der Waals surface area contributed by atoms with E-state index in [-0.39, 0.29) is 15.7 Å². The minimum absolute atomic E-state index is 0.0427. The Morgan fingerprint density at radius 1 is 1.05 bits per heavy atom. The summed E-state index contributed by atoms with van der Waals surface area (Å²) in [7, 11) is 0. The molecule has 0 radical (unpaired) electrons. The van der Waals surface area contributed by atoms with Crippen molar-refractivity contribution in [1.82, 2.24) is 0 Å². The molecule has 2 aromatic carbocycles. The number of hydrogen-bond donors (Lipinski definition) is 0. The minimum Gasteiger partial charge on any atom is -0.289 e. The molecule has 0 aliphatic heterocycles. The van der Waals surface area contributed by atoms with Gasteiger partial charge >= 0.3 is 0 Å². The minimum atomic E-state index is -0.429. The molecule has 0 N–H and O–H groups in total. The van der Waals surface area contributed by atoms with E-state index in [0.717, 1.165) is 5.56 Å². The molecule has 3 heteroatoms. The van der Waals surface area contributed by atoms with Gasteiger partial charge in [0.2, 0.25) is 0 Å². The van der Waals surface area contributed by atoms with Crippen LogP contribution in [0.1, 0.15) is 42.3 Å². The van der Waals surface area contributed by atoms with Gasteiger partial charge in [-0.05, 0) is 39.0 Å². The molecule has 104 valence electrons. The van der Waals surface area contributed by atoms with Crippen LogP contribution in [0.15, 0.2) is 46.9 Å². The lowest BCUT2D eigenvalue weighted by Gasteiger charge is -2.19. The van der Waals surface area contributed by atoms with Gasteiger partial charge in [-0.25, -0.2) is 4.39 Å². The summed E-state index contributed by atoms with van der Waals surface area (Å²) in [6.07, 6.45) is 0. The summed E-state index contributed by atoms with van der Waals surface area (Å²) in [4.78, 5) is 12.4. The molecule has 0 unspecified atom stereocenters. The Labute approximate surface area is 127 Å². The molecule has 0 bridgehead atoms. The second kappa shape index (κ2) is 5.49. The molecule has 0 saturated carbocycles. The van der Waals surface area contributed by atoms with Crippen LogP contribution in [0, 0.1) is 5.82 Å². The first-order valence-corrected chi connectivity index (χ1v) is 7.19. The molecule has 0 saturated heterocycles. The van der Waals surface area contributed by atoms with Gasteiger partial charge in [-0.1, -0.05) is 51.1 Å². The molecule has 0 spiro atoms. The van der Waals surface area contributed by atoms with Crippen LogP contribution in [0.3, 0.4) is 0 Å². The molecule has 0 fully saturated rings. The number of ketones is 1. The van der Waals surface area contributed by atoms with Crippen LogP contribution >= 0.6 is 15.9 Å². The lowest BCUT2D eigenvalue weighted by Crippen LogP contribution is -2.11. The van der Waals surface area contributed by atoms with Crippen LogP contribution in [-0.2, 0) is 5.41 Å². The van der Waals surface area contributed by atoms with E-state index in [9.17, 15) is 9.18 Å². The van der Waals surface area contributed by atoms with Gasteiger partial charge in [-0.2, -0.15) is 0 Å². The van der Waals surface area contributed by atoms with E-state index in [2.05, 4.69) is 36.7 Å². The number of halogens is 2. The van der Waals surface area contributed by atoms with Crippen LogP contribution in [0.5, 0.6) is 0 Å². The SMILES string of the molecule is CC(C)(C)c1ccc(C(=O)c2cccc(F)c2Br)cc1. The summed E-state index contributed by atoms with van der Waals surface area (Å²) < 4.78 is 13.7. The zero-order chi connectivity index (χ0) is 14.9. The van der Waals surface area contributed by atoms with Crippen LogP contribution in [0.4, 0.5) is 4.39 Å². The highest BCUT2D eigenvalue weighted by atomic mass is 79.9. The van der Waals surface area contributed by atoms with Crippen molar-refractivity contribution in [3.63, 3.8) is 0 Å². The molecule has 1 nitrogen and oxygen atoms in total. The quantitative estimate of drug-likeness (QED) is 0.697. The van der Waals surface area contributed by atoms with Gasteiger partial charge in [0.25, 0.3) is 0 Å². The van der Waals surface area contributed by atoms with Crippen LogP contribution in [-0.4, -0.2) is 5.78 Å². The monoisotopic (exact) mass is 334 g/mol. The largest absolute Gasteiger partial charge is 0.289 e. The topological polar surface area (TPSA) is 17.1 Å². The Morgan fingerprint density at radius 3 is 2.20 bits per heavy atom. The van der Waals surface area contributed by atoms with Gasteiger partial charge in [-0.3, -0.25) is 4.79 Å². The van der Waals surface area contributed by atoms with Crippen molar-refractivity contribution in [2.75, 3.05) is 0 Å². The van der Waals surface area contributed by atoms with E-state index >= 15 is 0 Å². The maximum Gasteiger partial charge on any atom is 0.194 e. The third-order valence-electron chi connectivity index (χ3n) is 3.21. The molecule has 0 aliphatic carbocycles. The Bertz CT molecular complexity index is 639. The highest BCUT2D eigenvalue weighted by Crippen LogP contribution is 2.25. The summed E-state index contributed by atoms with van der Waals surface area (Å²) in [5, 5.41) is 0. The van der Waals surface area contributed by atoms with E-state index in [0.29, 0.717) is 11.1 Å². The fourth-order valence-corrected chi connectivity index (χ4v) is 2.40. The van der Waals surface area contributed by atoms with Gasteiger partial charge in [0, 0.05) is 11.1 Å². The molecule has 0 heterocycles. The summed E-state index contributed by atoms with van der Waals surface area (Å²) >= 11 is 3.13. The Morgan fingerprint density at radius 2 is 1.65 bits per heavy atom. The van der Waals surface area contributed by atoms with Gasteiger partial charge in [0.1, 0.15) is 5.82 Å². The molecule has 0 amide bonds. The normalized spacial score (nSPS) is 11.4. The predicted molar refractivity (Wildman–Crippen MR) is 82.7 cm³/mol. The zero-order valence-electron chi connectivity index (χ0n) is 11.7. The van der Waals surface area contributed by atoms with Crippen molar-refractivity contribution < 1.29 is 9.18 Å². The van der Waals surface area contributed by atoms with Crippen molar-refractivity contribution in [2.24, 2.45) is 0 Å². The van der Waals surface area contributed by atoms with Crippen molar-refractivity contribution in [3.8, 4) is 0 Å². The molecule has 2 aromatic rings. The smallest absolute Gasteiger partial charge is 0.194 e. The maximum absolute atomic E-state index is 13.5. The highest BCUT2D eigenvalue weighted by molar-refractivity contribution is 9.10. The first-order chi connectivity index (χ1) is 9.30. The number of carbonyl (C=O) groups is 1. The van der Waals surface area contributed by atoms with Crippen LogP contribution in [0.25, 0.3) is 0 Å². The molecule has 0 atom stereocenters. The molecule has 0 aliphatic rings. The number of hydrogen-bond acceptors (Lipinski definition) is 1. The second-order valence-corrected chi connectivity index (χ2v) is 6.55. The number of benzene rings is 2. The Kier molecular flexibility index (Phi) is 4.09. The van der Waals surface area contributed by atoms with E-state index in [1.54, 1.807) is 18.2 Å². The standard InChI is InChI=1S/C17H16BrFO/c1-17(2,3)12-9-7-11(8-10-12)16(20)13-5-4-6-14(19)15(13)18/h4-10H,1-3H3. The highest BCUT2D eigenvalue weighted by Gasteiger charge is 2.17. The first-order valence-electron chi connectivity index (χ1n) is 6.40. The van der Waals surface area contributed by atoms with Gasteiger partial charge in [0.05, 0.1) is 4.47 Å². The van der Waals surface area contributed by atoms with Crippen LogP contribution < -0.4 is 0 Å². The average Bonchev–Trinajstić information content (AvgIpc) is 2.40. The van der Waals surface area contributed by atoms with E-state index in [1.165, 1.54) is 12.1 Å². The molecule has 20 heavy (non-hydrogen) atoms. The molecule has 2 rings (SSSR count). The summed E-state index contributed by atoms with van der Waals surface area (Å²) in [6, 6.07) is 12.0. The average molecular weight is 335 g/mol. The fourth-order valence-electron chi connectivity index (χ4n) is 1.96. The predicted octanol–water partition coefficient (Wildman–Crippen LogP) is 5.12. The maximum atomic E-state index is 13.5. The zero-order valence-corrected chi connectivity index (χ0v) is 13.3. The molecular weight excluding hydrogens is 319 g/mol. The van der Waals surface area contributed by atoms with E-state index in [4.69, 9.17) is 0 Å². The van der Waals surface area contributed by atoms with Gasteiger partial charge in [0.15, 0.2) is 5.78 Å². The van der Waals surface area contributed by atoms with Crippen LogP contribution in [0.2, 0.25) is 0 Å². The second-order valence-electron chi connectivity index (χ2n) is 5.76. The van der Waals surface area contributed by atoms with Crippen molar-refractivity contribution >= 4 is 21.7 Å². The Hall–Kier alpha value is -1.48. The van der Waals surface area contributed by atoms with E-state index < -0.39 is 5.82 Å². The van der Waals surface area contributed by atoms with Crippen molar-refractivity contribution in [3.05, 3.63) is 69.4 Å². The third-order valence-corrected chi connectivity index (χ3v) is 4.02. The summed E-state index contributed by atoms with van der Waals surface area (Å²) in [5.41, 5.74) is 2.10. The third kappa shape index (κ3) is 2.98. The lowest BCUT2D eigenvalue weighted by atomic mass is 9.86.